The fourth-order valence-corrected chi connectivity index (χ4v) is 1.98. The molecule has 1 aromatic carbocycles. The minimum Gasteiger partial charge on any atom is -0.461 e. The number of benzene rings is 1. The number of nitrogens with two attached hydrogens (primary N) is 1. The summed E-state index contributed by atoms with van der Waals surface area (Å²) in [5, 5.41) is -0.0834. The lowest BCUT2D eigenvalue weighted by Gasteiger charge is -2.09. The molecule has 0 bridgehead atoms. The molecule has 1 aliphatic heterocycles. The molecule has 1 aliphatic rings. The highest BCUT2D eigenvalue weighted by atomic mass is 35.5. The van der Waals surface area contributed by atoms with Gasteiger partial charge in [-0.15, -0.1) is 0 Å². The predicted molar refractivity (Wildman–Crippen MR) is 67.4 cm³/mol. The summed E-state index contributed by atoms with van der Waals surface area (Å²) in [7, 11) is 0. The molecular weight excluding hydrogens is 295 g/mol. The van der Waals surface area contributed by atoms with Crippen LogP contribution in [-0.2, 0) is 15.7 Å². The number of ketones is 1. The van der Waals surface area contributed by atoms with Crippen LogP contribution < -0.4 is 5.73 Å². The summed E-state index contributed by atoms with van der Waals surface area (Å²) in [5.41, 5.74) is 4.57. The summed E-state index contributed by atoms with van der Waals surface area (Å²) < 4.78 is 43.0. The fraction of sp³-hybridized carbons (Fsp3) is 0.154. The Morgan fingerprint density at radius 1 is 1.40 bits per heavy atom. The van der Waals surface area contributed by atoms with Crippen molar-refractivity contribution in [1.82, 2.24) is 0 Å². The van der Waals surface area contributed by atoms with Crippen molar-refractivity contribution in [1.29, 1.82) is 0 Å². The Morgan fingerprint density at radius 2 is 2.05 bits per heavy atom. The van der Waals surface area contributed by atoms with Gasteiger partial charge in [0.15, 0.2) is 12.0 Å². The van der Waals surface area contributed by atoms with Gasteiger partial charge in [-0.1, -0.05) is 30.3 Å². The standard InChI is InChI=1S/C13H9ClF3NO2/c1-6(14)11-10(19)9(12(18)20-11)7-3-2-4-8(5-7)13(15,16)17/h2-5,11H,1,18H2. The third-order valence-electron chi connectivity index (χ3n) is 2.74. The average Bonchev–Trinajstić information content (AvgIpc) is 2.64. The Labute approximate surface area is 117 Å². The van der Waals surface area contributed by atoms with Crippen molar-refractivity contribution in [3.63, 3.8) is 0 Å². The number of rotatable bonds is 2. The first-order valence-electron chi connectivity index (χ1n) is 5.44. The topological polar surface area (TPSA) is 52.3 Å². The molecule has 0 radical (unpaired) electrons. The molecule has 7 heteroatoms. The Balaban J connectivity index is 2.45. The highest BCUT2D eigenvalue weighted by molar-refractivity contribution is 6.36. The monoisotopic (exact) mass is 303 g/mol. The number of halogens is 4. The van der Waals surface area contributed by atoms with Gasteiger partial charge in [0.05, 0.1) is 16.2 Å². The molecular formula is C13H9ClF3NO2. The lowest BCUT2D eigenvalue weighted by atomic mass is 9.98. The molecule has 106 valence electrons. The first-order chi connectivity index (χ1) is 9.21. The van der Waals surface area contributed by atoms with Crippen molar-refractivity contribution < 1.29 is 22.7 Å². The van der Waals surface area contributed by atoms with Crippen LogP contribution in [0.4, 0.5) is 13.2 Å². The molecule has 0 aliphatic carbocycles. The van der Waals surface area contributed by atoms with Gasteiger partial charge >= 0.3 is 6.18 Å². The Morgan fingerprint density at radius 3 is 2.55 bits per heavy atom. The van der Waals surface area contributed by atoms with E-state index >= 15 is 0 Å². The van der Waals surface area contributed by atoms with E-state index in [0.717, 1.165) is 12.1 Å². The van der Waals surface area contributed by atoms with Crippen molar-refractivity contribution in [3.8, 4) is 0 Å². The maximum Gasteiger partial charge on any atom is 0.416 e. The van der Waals surface area contributed by atoms with Crippen LogP contribution in [-0.4, -0.2) is 11.9 Å². The van der Waals surface area contributed by atoms with Gasteiger partial charge in [-0.3, -0.25) is 4.79 Å². The van der Waals surface area contributed by atoms with E-state index in [4.69, 9.17) is 22.1 Å². The van der Waals surface area contributed by atoms with Crippen molar-refractivity contribution >= 4 is 23.0 Å². The summed E-state index contributed by atoms with van der Waals surface area (Å²) in [6, 6.07) is 4.27. The quantitative estimate of drug-likeness (QED) is 0.913. The van der Waals surface area contributed by atoms with Crippen LogP contribution in [0.1, 0.15) is 11.1 Å². The van der Waals surface area contributed by atoms with E-state index in [2.05, 4.69) is 6.58 Å². The smallest absolute Gasteiger partial charge is 0.416 e. The molecule has 2 N–H and O–H groups in total. The molecule has 1 heterocycles. The summed E-state index contributed by atoms with van der Waals surface area (Å²) >= 11 is 5.60. The van der Waals surface area contributed by atoms with E-state index in [0.29, 0.717) is 0 Å². The molecule has 0 amide bonds. The van der Waals surface area contributed by atoms with E-state index < -0.39 is 23.6 Å². The van der Waals surface area contributed by atoms with Crippen LogP contribution in [0.5, 0.6) is 0 Å². The molecule has 2 rings (SSSR count). The van der Waals surface area contributed by atoms with Gasteiger partial charge in [-0.2, -0.15) is 13.2 Å². The zero-order valence-electron chi connectivity index (χ0n) is 10.00. The SMILES string of the molecule is C=C(Cl)C1OC(N)=C(c2cccc(C(F)(F)F)c2)C1=O. The highest BCUT2D eigenvalue weighted by Gasteiger charge is 2.37. The second-order valence-corrected chi connectivity index (χ2v) is 4.61. The zero-order valence-corrected chi connectivity index (χ0v) is 10.8. The van der Waals surface area contributed by atoms with Gasteiger partial charge in [0, 0.05) is 0 Å². The maximum absolute atomic E-state index is 12.7. The Kier molecular flexibility index (Phi) is 3.52. The van der Waals surface area contributed by atoms with Gasteiger partial charge < -0.3 is 10.5 Å². The van der Waals surface area contributed by atoms with E-state index in [-0.39, 0.29) is 22.1 Å². The third-order valence-corrected chi connectivity index (χ3v) is 2.94. The lowest BCUT2D eigenvalue weighted by Crippen LogP contribution is -2.18. The summed E-state index contributed by atoms with van der Waals surface area (Å²) in [6.45, 7) is 3.36. The van der Waals surface area contributed by atoms with Crippen LogP contribution in [0, 0.1) is 0 Å². The predicted octanol–water partition coefficient (Wildman–Crippen LogP) is 3.05. The second-order valence-electron chi connectivity index (χ2n) is 4.13. The Hall–Kier alpha value is -1.95. The van der Waals surface area contributed by atoms with Gasteiger partial charge in [-0.05, 0) is 17.7 Å². The molecule has 0 saturated heterocycles. The van der Waals surface area contributed by atoms with Crippen LogP contribution >= 0.6 is 11.6 Å². The number of alkyl halides is 3. The minimum absolute atomic E-state index is 0.0303. The van der Waals surface area contributed by atoms with Crippen LogP contribution in [0.25, 0.3) is 5.57 Å². The molecule has 3 nitrogen and oxygen atoms in total. The first kappa shape index (κ1) is 14.5. The summed E-state index contributed by atoms with van der Waals surface area (Å²) in [5.74, 6) is -0.872. The van der Waals surface area contributed by atoms with Gasteiger partial charge in [0.25, 0.3) is 0 Å². The molecule has 0 spiro atoms. The number of hydrogen-bond donors (Lipinski definition) is 1. The minimum atomic E-state index is -4.51. The number of Topliss-reactive ketones (excluding diaryl/α,β-unsaturated/α-hetero) is 1. The van der Waals surface area contributed by atoms with E-state index in [9.17, 15) is 18.0 Å². The Bertz CT molecular complexity index is 622. The van der Waals surface area contributed by atoms with Crippen LogP contribution in [0.3, 0.4) is 0 Å². The van der Waals surface area contributed by atoms with E-state index in [1.165, 1.54) is 12.1 Å². The van der Waals surface area contributed by atoms with Gasteiger partial charge in [0.1, 0.15) is 0 Å². The average molecular weight is 304 g/mol. The number of carbonyl (C=O) groups excluding carboxylic acids is 1. The molecule has 20 heavy (non-hydrogen) atoms. The van der Waals surface area contributed by atoms with Crippen molar-refractivity contribution in [2.45, 2.75) is 12.3 Å². The van der Waals surface area contributed by atoms with Crippen molar-refractivity contribution in [2.75, 3.05) is 0 Å². The molecule has 0 aromatic heterocycles. The van der Waals surface area contributed by atoms with Gasteiger partial charge in [-0.25, -0.2) is 0 Å². The molecule has 1 atom stereocenters. The summed E-state index contributed by atoms with van der Waals surface area (Å²) in [4.78, 5) is 12.0. The third kappa shape index (κ3) is 2.51. The van der Waals surface area contributed by atoms with Crippen molar-refractivity contribution in [2.24, 2.45) is 5.73 Å². The number of ether oxygens (including phenoxy) is 1. The van der Waals surface area contributed by atoms with Crippen LogP contribution in [0.2, 0.25) is 0 Å². The normalized spacial score (nSPS) is 19.2. The largest absolute Gasteiger partial charge is 0.461 e. The number of carbonyl (C=O) groups is 1. The molecule has 1 unspecified atom stereocenters. The maximum atomic E-state index is 12.7. The van der Waals surface area contributed by atoms with Gasteiger partial charge in [0.2, 0.25) is 5.78 Å². The second kappa shape index (κ2) is 4.86. The van der Waals surface area contributed by atoms with Crippen LogP contribution in [0.15, 0.2) is 41.8 Å². The van der Waals surface area contributed by atoms with E-state index in [1.807, 2.05) is 0 Å². The number of hydrogen-bond acceptors (Lipinski definition) is 3. The van der Waals surface area contributed by atoms with E-state index in [1.54, 1.807) is 0 Å². The first-order valence-corrected chi connectivity index (χ1v) is 5.82. The lowest BCUT2D eigenvalue weighted by molar-refractivity contribution is -0.137. The highest BCUT2D eigenvalue weighted by Crippen LogP contribution is 2.35. The van der Waals surface area contributed by atoms with Crippen molar-refractivity contribution in [3.05, 3.63) is 52.9 Å². The molecule has 0 saturated carbocycles. The fourth-order valence-electron chi connectivity index (χ4n) is 1.83. The molecule has 0 fully saturated rings. The summed E-state index contributed by atoms with van der Waals surface area (Å²) in [6.07, 6.45) is -5.68. The molecule has 1 aromatic rings. The zero-order chi connectivity index (χ0) is 15.1.